The van der Waals surface area contributed by atoms with E-state index in [9.17, 15) is 9.18 Å². The van der Waals surface area contributed by atoms with Crippen LogP contribution in [0.15, 0.2) is 42.5 Å². The molecule has 27 heavy (non-hydrogen) atoms. The summed E-state index contributed by atoms with van der Waals surface area (Å²) >= 11 is 6.04. The normalized spacial score (nSPS) is 17.3. The van der Waals surface area contributed by atoms with Crippen LogP contribution in [0.5, 0.6) is 0 Å². The molecule has 2 heterocycles. The molecule has 0 radical (unpaired) electrons. The van der Waals surface area contributed by atoms with Crippen LogP contribution in [-0.2, 0) is 11.3 Å². The first-order valence-electron chi connectivity index (χ1n) is 9.01. The molecule has 1 amide bonds. The lowest BCUT2D eigenvalue weighted by Crippen LogP contribution is -2.43. The van der Waals surface area contributed by atoms with Crippen LogP contribution in [0.3, 0.4) is 0 Å². The Morgan fingerprint density at radius 3 is 2.93 bits per heavy atom. The number of imidazole rings is 1. The molecule has 1 fully saturated rings. The van der Waals surface area contributed by atoms with Crippen molar-refractivity contribution in [1.29, 1.82) is 0 Å². The van der Waals surface area contributed by atoms with Crippen LogP contribution in [0.25, 0.3) is 11.0 Å². The van der Waals surface area contributed by atoms with Gasteiger partial charge >= 0.3 is 0 Å². The van der Waals surface area contributed by atoms with Crippen molar-refractivity contribution in [2.24, 2.45) is 5.92 Å². The molecule has 0 spiro atoms. The number of nitrogens with one attached hydrogen (secondary N) is 2. The molecule has 1 saturated heterocycles. The number of hydrogen-bond acceptors (Lipinski definition) is 3. The number of amides is 1. The molecule has 2 N–H and O–H groups in total. The maximum Gasteiger partial charge on any atom is 0.225 e. The zero-order valence-corrected chi connectivity index (χ0v) is 15.5. The minimum atomic E-state index is -0.278. The summed E-state index contributed by atoms with van der Waals surface area (Å²) in [6, 6.07) is 11.7. The maximum absolute atomic E-state index is 13.0. The number of carbonyl (C=O) groups is 1. The number of hydrogen-bond donors (Lipinski definition) is 2. The number of nitrogens with zero attached hydrogens (tertiary/aromatic N) is 2. The summed E-state index contributed by atoms with van der Waals surface area (Å²) < 4.78 is 13.0. The molecule has 4 rings (SSSR count). The minimum absolute atomic E-state index is 0.0168. The lowest BCUT2D eigenvalue weighted by atomic mass is 9.97. The first-order valence-corrected chi connectivity index (χ1v) is 9.39. The SMILES string of the molecule is O=C(NCc1ccc(F)cc1)[C@H]1CCCN(c2nc3ccc(Cl)cc3[nH]2)C1. The van der Waals surface area contributed by atoms with Gasteiger partial charge in [-0.15, -0.1) is 0 Å². The molecule has 0 unspecified atom stereocenters. The standard InChI is InChI=1S/C20H20ClFN4O/c21-15-5-8-17-18(10-15)25-20(24-17)26-9-1-2-14(12-26)19(27)23-11-13-3-6-16(22)7-4-13/h3-8,10,14H,1-2,9,11-12H2,(H,23,27)(H,24,25)/t14-/m0/s1. The van der Waals surface area contributed by atoms with Crippen LogP contribution in [0, 0.1) is 11.7 Å². The summed E-state index contributed by atoms with van der Waals surface area (Å²) in [5, 5.41) is 3.62. The monoisotopic (exact) mass is 386 g/mol. The molecule has 140 valence electrons. The highest BCUT2D eigenvalue weighted by Crippen LogP contribution is 2.25. The fourth-order valence-corrected chi connectivity index (χ4v) is 3.61. The van der Waals surface area contributed by atoms with Gasteiger partial charge in [0.05, 0.1) is 17.0 Å². The van der Waals surface area contributed by atoms with Crippen LogP contribution in [-0.4, -0.2) is 29.0 Å². The predicted molar refractivity (Wildman–Crippen MR) is 104 cm³/mol. The van der Waals surface area contributed by atoms with Gasteiger partial charge in [0.2, 0.25) is 11.9 Å². The Morgan fingerprint density at radius 1 is 1.30 bits per heavy atom. The van der Waals surface area contributed by atoms with E-state index in [1.807, 2.05) is 18.2 Å². The lowest BCUT2D eigenvalue weighted by Gasteiger charge is -2.31. The number of benzene rings is 2. The van der Waals surface area contributed by atoms with E-state index in [2.05, 4.69) is 20.2 Å². The molecule has 1 aliphatic heterocycles. The molecule has 0 aliphatic carbocycles. The van der Waals surface area contributed by atoms with Gasteiger partial charge in [-0.25, -0.2) is 9.37 Å². The van der Waals surface area contributed by atoms with E-state index < -0.39 is 0 Å². The van der Waals surface area contributed by atoms with E-state index in [0.717, 1.165) is 41.9 Å². The summed E-state index contributed by atoms with van der Waals surface area (Å²) in [4.78, 5) is 22.6. The van der Waals surface area contributed by atoms with Gasteiger partial charge in [-0.05, 0) is 48.7 Å². The smallest absolute Gasteiger partial charge is 0.225 e. The Kier molecular flexibility index (Phi) is 4.99. The van der Waals surface area contributed by atoms with Crippen molar-refractivity contribution in [3.05, 3.63) is 58.9 Å². The Hall–Kier alpha value is -2.60. The molecule has 0 saturated carbocycles. The van der Waals surface area contributed by atoms with Gasteiger partial charge in [0.25, 0.3) is 0 Å². The molecular weight excluding hydrogens is 367 g/mol. The van der Waals surface area contributed by atoms with E-state index in [1.165, 1.54) is 12.1 Å². The van der Waals surface area contributed by atoms with E-state index >= 15 is 0 Å². The van der Waals surface area contributed by atoms with Crippen molar-refractivity contribution in [2.75, 3.05) is 18.0 Å². The van der Waals surface area contributed by atoms with Crippen molar-refractivity contribution >= 4 is 34.5 Å². The topological polar surface area (TPSA) is 61.0 Å². The van der Waals surface area contributed by atoms with Crippen LogP contribution < -0.4 is 10.2 Å². The van der Waals surface area contributed by atoms with Crippen molar-refractivity contribution in [1.82, 2.24) is 15.3 Å². The van der Waals surface area contributed by atoms with Gasteiger partial charge in [0.1, 0.15) is 5.82 Å². The zero-order chi connectivity index (χ0) is 18.8. The Labute approximate surface area is 161 Å². The summed E-state index contributed by atoms with van der Waals surface area (Å²) in [5.41, 5.74) is 2.63. The van der Waals surface area contributed by atoms with Gasteiger partial charge in [-0.2, -0.15) is 0 Å². The second kappa shape index (κ2) is 7.56. The Morgan fingerprint density at radius 2 is 2.11 bits per heavy atom. The molecule has 1 aliphatic rings. The van der Waals surface area contributed by atoms with E-state index in [-0.39, 0.29) is 17.6 Å². The van der Waals surface area contributed by atoms with Crippen molar-refractivity contribution in [2.45, 2.75) is 19.4 Å². The van der Waals surface area contributed by atoms with Crippen LogP contribution in [0.4, 0.5) is 10.3 Å². The number of aromatic amines is 1. The average Bonchev–Trinajstić information content (AvgIpc) is 3.10. The van der Waals surface area contributed by atoms with Gasteiger partial charge in [0, 0.05) is 24.7 Å². The molecule has 1 atom stereocenters. The number of halogens is 2. The number of piperidine rings is 1. The molecule has 7 heteroatoms. The Bertz CT molecular complexity index is 956. The number of carbonyl (C=O) groups excluding carboxylic acids is 1. The fourth-order valence-electron chi connectivity index (χ4n) is 3.44. The molecule has 1 aromatic heterocycles. The maximum atomic E-state index is 13.0. The highest BCUT2D eigenvalue weighted by atomic mass is 35.5. The Balaban J connectivity index is 1.40. The van der Waals surface area contributed by atoms with Gasteiger partial charge in [-0.3, -0.25) is 4.79 Å². The van der Waals surface area contributed by atoms with Crippen molar-refractivity contribution < 1.29 is 9.18 Å². The molecule has 0 bridgehead atoms. The second-order valence-corrected chi connectivity index (χ2v) is 7.29. The third-order valence-corrected chi connectivity index (χ3v) is 5.14. The van der Waals surface area contributed by atoms with E-state index in [1.54, 1.807) is 12.1 Å². The van der Waals surface area contributed by atoms with Crippen LogP contribution >= 0.6 is 11.6 Å². The summed E-state index contributed by atoms with van der Waals surface area (Å²) in [7, 11) is 0. The van der Waals surface area contributed by atoms with Crippen molar-refractivity contribution in [3.8, 4) is 0 Å². The van der Waals surface area contributed by atoms with Gasteiger partial charge in [0.15, 0.2) is 0 Å². The zero-order valence-electron chi connectivity index (χ0n) is 14.7. The van der Waals surface area contributed by atoms with Crippen molar-refractivity contribution in [3.63, 3.8) is 0 Å². The minimum Gasteiger partial charge on any atom is -0.352 e. The summed E-state index contributed by atoms with van der Waals surface area (Å²) in [5.74, 6) is 0.405. The highest BCUT2D eigenvalue weighted by molar-refractivity contribution is 6.31. The number of fused-ring (bicyclic) bond motifs is 1. The molecule has 5 nitrogen and oxygen atoms in total. The lowest BCUT2D eigenvalue weighted by molar-refractivity contribution is -0.125. The molecule has 2 aromatic carbocycles. The summed E-state index contributed by atoms with van der Waals surface area (Å²) in [6.07, 6.45) is 1.77. The number of aromatic nitrogens is 2. The van der Waals surface area contributed by atoms with Gasteiger partial charge in [-0.1, -0.05) is 23.7 Å². The first kappa shape index (κ1) is 17.8. The number of rotatable bonds is 4. The van der Waals surface area contributed by atoms with Gasteiger partial charge < -0.3 is 15.2 Å². The molecular formula is C20H20ClFN4O. The first-order chi connectivity index (χ1) is 13.1. The van der Waals surface area contributed by atoms with Crippen LogP contribution in [0.2, 0.25) is 5.02 Å². The van der Waals surface area contributed by atoms with E-state index in [0.29, 0.717) is 18.1 Å². The largest absolute Gasteiger partial charge is 0.352 e. The van der Waals surface area contributed by atoms with E-state index in [4.69, 9.17) is 11.6 Å². The quantitative estimate of drug-likeness (QED) is 0.715. The average molecular weight is 387 g/mol. The third-order valence-electron chi connectivity index (χ3n) is 4.90. The third kappa shape index (κ3) is 4.06. The molecule has 3 aromatic rings. The fraction of sp³-hybridized carbons (Fsp3) is 0.300. The second-order valence-electron chi connectivity index (χ2n) is 6.85. The number of anilines is 1. The summed E-state index contributed by atoms with van der Waals surface area (Å²) in [6.45, 7) is 1.87. The number of H-pyrrole nitrogens is 1. The highest BCUT2D eigenvalue weighted by Gasteiger charge is 2.27. The predicted octanol–water partition coefficient (Wildman–Crippen LogP) is 3.89. The van der Waals surface area contributed by atoms with Crippen LogP contribution in [0.1, 0.15) is 18.4 Å².